The van der Waals surface area contributed by atoms with E-state index in [0.29, 0.717) is 17.1 Å². The van der Waals surface area contributed by atoms with Crippen LogP contribution in [0.5, 0.6) is 0 Å². The van der Waals surface area contributed by atoms with Crippen LogP contribution < -0.4 is 5.73 Å². The van der Waals surface area contributed by atoms with Crippen LogP contribution in [-0.2, 0) is 0 Å². The van der Waals surface area contributed by atoms with Gasteiger partial charge in [0.05, 0.1) is 16.3 Å². The Balaban J connectivity index is 2.43. The number of nitrogen functional groups attached to an aromatic ring is 1. The minimum Gasteiger partial charge on any atom is -0.368 e. The number of hydrogen-bond donors (Lipinski definition) is 1. The maximum Gasteiger partial charge on any atom is 0.296 e. The van der Waals surface area contributed by atoms with Crippen molar-refractivity contribution in [3.8, 4) is 0 Å². The highest BCUT2D eigenvalue weighted by molar-refractivity contribution is 5.57. The molecule has 20 heavy (non-hydrogen) atoms. The van der Waals surface area contributed by atoms with Gasteiger partial charge in [0.1, 0.15) is 5.69 Å². The molecule has 2 N–H and O–H groups in total. The van der Waals surface area contributed by atoms with Gasteiger partial charge < -0.3 is 5.73 Å². The number of para-hydroxylation sites is 1. The van der Waals surface area contributed by atoms with Gasteiger partial charge in [-0.1, -0.05) is 12.1 Å². The fourth-order valence-electron chi connectivity index (χ4n) is 1.69. The van der Waals surface area contributed by atoms with Crippen molar-refractivity contribution >= 4 is 23.0 Å². The van der Waals surface area contributed by atoms with Crippen LogP contribution in [0.25, 0.3) is 0 Å². The van der Waals surface area contributed by atoms with E-state index < -0.39 is 4.92 Å². The van der Waals surface area contributed by atoms with E-state index in [1.165, 1.54) is 12.1 Å². The normalized spacial score (nSPS) is 10.9. The quantitative estimate of drug-likeness (QED) is 0.523. The molecular weight excluding hydrogens is 260 g/mol. The molecule has 8 heteroatoms. The van der Waals surface area contributed by atoms with E-state index in [0.717, 1.165) is 0 Å². The Labute approximate surface area is 114 Å². The third-order valence-electron chi connectivity index (χ3n) is 2.59. The van der Waals surface area contributed by atoms with Crippen molar-refractivity contribution in [2.75, 3.05) is 5.73 Å². The van der Waals surface area contributed by atoms with Gasteiger partial charge in [0, 0.05) is 6.07 Å². The molecule has 0 unspecified atom stereocenters. The lowest BCUT2D eigenvalue weighted by molar-refractivity contribution is -0.384. The molecule has 0 fully saturated rings. The number of azo groups is 1. The molecule has 0 aliphatic carbocycles. The highest BCUT2D eigenvalue weighted by atomic mass is 16.6. The Bertz CT molecular complexity index is 675. The van der Waals surface area contributed by atoms with Crippen molar-refractivity contribution in [1.29, 1.82) is 0 Å². The Kier molecular flexibility index (Phi) is 3.65. The number of hydrogen-bond acceptors (Lipinski definition) is 7. The van der Waals surface area contributed by atoms with Gasteiger partial charge >= 0.3 is 0 Å². The van der Waals surface area contributed by atoms with Crippen LogP contribution in [0.1, 0.15) is 11.4 Å². The average molecular weight is 272 g/mol. The van der Waals surface area contributed by atoms with Crippen LogP contribution in [0.15, 0.2) is 34.5 Å². The van der Waals surface area contributed by atoms with E-state index in [1.807, 2.05) is 0 Å². The summed E-state index contributed by atoms with van der Waals surface area (Å²) in [6, 6.07) is 6.11. The van der Waals surface area contributed by atoms with E-state index in [2.05, 4.69) is 20.2 Å². The average Bonchev–Trinajstić information content (AvgIpc) is 2.37. The molecule has 0 saturated heterocycles. The summed E-state index contributed by atoms with van der Waals surface area (Å²) >= 11 is 0. The van der Waals surface area contributed by atoms with Crippen LogP contribution in [0.3, 0.4) is 0 Å². The molecule has 2 aromatic rings. The van der Waals surface area contributed by atoms with Crippen molar-refractivity contribution in [3.63, 3.8) is 0 Å². The second-order valence-corrected chi connectivity index (χ2v) is 4.05. The lowest BCUT2D eigenvalue weighted by Gasteiger charge is -2.03. The Morgan fingerprint density at radius 2 is 1.75 bits per heavy atom. The predicted molar refractivity (Wildman–Crippen MR) is 73.2 cm³/mol. The van der Waals surface area contributed by atoms with Gasteiger partial charge in [-0.2, -0.15) is 0 Å². The third-order valence-corrected chi connectivity index (χ3v) is 2.59. The van der Waals surface area contributed by atoms with Crippen LogP contribution >= 0.6 is 0 Å². The van der Waals surface area contributed by atoms with Gasteiger partial charge in [0.2, 0.25) is 5.95 Å². The van der Waals surface area contributed by atoms with Gasteiger partial charge in [-0.25, -0.2) is 9.97 Å². The van der Waals surface area contributed by atoms with Gasteiger partial charge in [-0.3, -0.25) is 10.1 Å². The lowest BCUT2D eigenvalue weighted by atomic mass is 10.3. The van der Waals surface area contributed by atoms with Crippen molar-refractivity contribution in [2.24, 2.45) is 10.2 Å². The molecular formula is C12H12N6O2. The summed E-state index contributed by atoms with van der Waals surface area (Å²) in [6.45, 7) is 3.44. The van der Waals surface area contributed by atoms with Crippen LogP contribution in [0.4, 0.5) is 23.0 Å². The van der Waals surface area contributed by atoms with E-state index in [1.54, 1.807) is 26.0 Å². The van der Waals surface area contributed by atoms with E-state index in [9.17, 15) is 10.1 Å². The zero-order chi connectivity index (χ0) is 14.7. The third kappa shape index (κ3) is 2.74. The molecule has 1 heterocycles. The molecule has 1 aromatic carbocycles. The number of nitrogens with zero attached hydrogens (tertiary/aromatic N) is 5. The summed E-state index contributed by atoms with van der Waals surface area (Å²) in [6.07, 6.45) is 0. The first kappa shape index (κ1) is 13.5. The molecule has 102 valence electrons. The summed E-state index contributed by atoms with van der Waals surface area (Å²) in [5, 5.41) is 18.8. The smallest absolute Gasteiger partial charge is 0.296 e. The number of rotatable bonds is 3. The maximum atomic E-state index is 10.9. The lowest BCUT2D eigenvalue weighted by Crippen LogP contribution is -1.98. The molecule has 0 saturated carbocycles. The first-order chi connectivity index (χ1) is 9.49. The standard InChI is InChI=1S/C12H12N6O2/c1-7-11(8(2)15-12(13)14-7)17-16-9-5-3-4-6-10(9)18(19)20/h3-6H,1-2H3,(H2,13,14,15). The summed E-state index contributed by atoms with van der Waals surface area (Å²) in [5.41, 5.74) is 7.17. The number of nitro benzene ring substituents is 1. The maximum absolute atomic E-state index is 10.9. The highest BCUT2D eigenvalue weighted by Gasteiger charge is 2.12. The molecule has 1 aromatic heterocycles. The summed E-state index contributed by atoms with van der Waals surface area (Å²) in [7, 11) is 0. The van der Waals surface area contributed by atoms with Crippen LogP contribution in [-0.4, -0.2) is 14.9 Å². The second kappa shape index (κ2) is 5.39. The monoisotopic (exact) mass is 272 g/mol. The van der Waals surface area contributed by atoms with E-state index in [-0.39, 0.29) is 17.3 Å². The fraction of sp³-hybridized carbons (Fsp3) is 0.167. The van der Waals surface area contributed by atoms with Crippen LogP contribution in [0.2, 0.25) is 0 Å². The fourth-order valence-corrected chi connectivity index (χ4v) is 1.69. The molecule has 0 amide bonds. The Morgan fingerprint density at radius 1 is 1.15 bits per heavy atom. The van der Waals surface area contributed by atoms with Crippen molar-refractivity contribution in [2.45, 2.75) is 13.8 Å². The van der Waals surface area contributed by atoms with Gasteiger partial charge in [0.15, 0.2) is 5.69 Å². The zero-order valence-electron chi connectivity index (χ0n) is 10.9. The minimum absolute atomic E-state index is 0.108. The second-order valence-electron chi connectivity index (χ2n) is 4.05. The molecule has 0 spiro atoms. The SMILES string of the molecule is Cc1nc(N)nc(C)c1N=Nc1ccccc1[N+](=O)[O-]. The van der Waals surface area contributed by atoms with Gasteiger partial charge in [0.25, 0.3) is 5.69 Å². The molecule has 8 nitrogen and oxygen atoms in total. The summed E-state index contributed by atoms with van der Waals surface area (Å²) in [4.78, 5) is 18.3. The zero-order valence-corrected chi connectivity index (χ0v) is 10.9. The number of nitro groups is 1. The summed E-state index contributed by atoms with van der Waals surface area (Å²) in [5.74, 6) is 0.157. The van der Waals surface area contributed by atoms with Crippen LogP contribution in [0, 0.1) is 24.0 Å². The topological polar surface area (TPSA) is 120 Å². The van der Waals surface area contributed by atoms with E-state index >= 15 is 0 Å². The van der Waals surface area contributed by atoms with E-state index in [4.69, 9.17) is 5.73 Å². The number of aryl methyl sites for hydroxylation is 2. The molecule has 0 aliphatic heterocycles. The highest BCUT2D eigenvalue weighted by Crippen LogP contribution is 2.29. The van der Waals surface area contributed by atoms with Crippen molar-refractivity contribution in [1.82, 2.24) is 9.97 Å². The Morgan fingerprint density at radius 3 is 2.35 bits per heavy atom. The van der Waals surface area contributed by atoms with Gasteiger partial charge in [-0.05, 0) is 19.9 Å². The van der Waals surface area contributed by atoms with Crippen molar-refractivity contribution in [3.05, 3.63) is 45.8 Å². The molecule has 0 radical (unpaired) electrons. The molecule has 0 bridgehead atoms. The number of benzene rings is 1. The minimum atomic E-state index is -0.506. The molecule has 0 atom stereocenters. The molecule has 2 rings (SSSR count). The first-order valence-corrected chi connectivity index (χ1v) is 5.75. The largest absolute Gasteiger partial charge is 0.368 e. The number of anilines is 1. The Hall–Kier alpha value is -2.90. The number of nitrogens with two attached hydrogens (primary N) is 1. The summed E-state index contributed by atoms with van der Waals surface area (Å²) < 4.78 is 0. The first-order valence-electron chi connectivity index (χ1n) is 5.75. The van der Waals surface area contributed by atoms with Gasteiger partial charge in [-0.15, -0.1) is 10.2 Å². The number of aromatic nitrogens is 2. The van der Waals surface area contributed by atoms with Crippen molar-refractivity contribution < 1.29 is 4.92 Å². The molecule has 0 aliphatic rings. The predicted octanol–water partition coefficient (Wildman–Crippen LogP) is 3.00.